The average Bonchev–Trinajstić information content (AvgIpc) is 2.42. The van der Waals surface area contributed by atoms with Crippen LogP contribution in [-0.4, -0.2) is 34.7 Å². The zero-order valence-electron chi connectivity index (χ0n) is 10.8. The minimum atomic E-state index is -1.86. The summed E-state index contributed by atoms with van der Waals surface area (Å²) in [5.41, 5.74) is 0. The molecular formula is C12H13B2FO6. The molecule has 2 aromatic carbocycles. The van der Waals surface area contributed by atoms with Crippen molar-refractivity contribution in [3.8, 4) is 11.5 Å². The Kier molecular flexibility index (Phi) is 7.27. The van der Waals surface area contributed by atoms with Gasteiger partial charge in [0.2, 0.25) is 0 Å². The topological polar surface area (TPSA) is 99.4 Å². The third-order valence-corrected chi connectivity index (χ3v) is 2.04. The molecule has 0 fully saturated rings. The summed E-state index contributed by atoms with van der Waals surface area (Å²) in [5.74, 6) is 0.253. The van der Waals surface area contributed by atoms with Gasteiger partial charge in [0, 0.05) is 0 Å². The van der Waals surface area contributed by atoms with Gasteiger partial charge in [0.05, 0.1) is 0 Å². The lowest BCUT2D eigenvalue weighted by molar-refractivity contribution is 0.286. The van der Waals surface area contributed by atoms with Crippen molar-refractivity contribution in [2.45, 2.75) is 0 Å². The van der Waals surface area contributed by atoms with E-state index in [1.807, 2.05) is 6.07 Å². The van der Waals surface area contributed by atoms with Gasteiger partial charge >= 0.3 is 14.6 Å². The second-order valence-electron chi connectivity index (χ2n) is 3.66. The molecule has 2 rings (SSSR count). The van der Waals surface area contributed by atoms with Crippen LogP contribution in [0.2, 0.25) is 0 Å². The van der Waals surface area contributed by atoms with Gasteiger partial charge in [0.1, 0.15) is 17.3 Å². The second-order valence-corrected chi connectivity index (χ2v) is 3.66. The van der Waals surface area contributed by atoms with Crippen LogP contribution in [-0.2, 0) is 0 Å². The monoisotopic (exact) mass is 294 g/mol. The van der Waals surface area contributed by atoms with E-state index in [0.717, 1.165) is 12.1 Å². The van der Waals surface area contributed by atoms with E-state index in [0.29, 0.717) is 5.75 Å². The van der Waals surface area contributed by atoms with Gasteiger partial charge < -0.3 is 29.4 Å². The zero-order valence-corrected chi connectivity index (χ0v) is 10.8. The molecule has 0 amide bonds. The van der Waals surface area contributed by atoms with Crippen molar-refractivity contribution in [3.63, 3.8) is 0 Å². The Morgan fingerprint density at radius 1 is 0.667 bits per heavy atom. The fourth-order valence-electron chi connectivity index (χ4n) is 1.26. The maximum absolute atomic E-state index is 12.2. The van der Waals surface area contributed by atoms with Gasteiger partial charge in [0.15, 0.2) is 0 Å². The second kappa shape index (κ2) is 8.98. The molecule has 2 aromatic rings. The molecule has 0 heterocycles. The summed E-state index contributed by atoms with van der Waals surface area (Å²) in [6, 6.07) is 13.5. The van der Waals surface area contributed by atoms with Crippen LogP contribution in [0.1, 0.15) is 0 Å². The molecule has 0 atom stereocenters. The zero-order chi connectivity index (χ0) is 15.7. The molecule has 0 aliphatic heterocycles. The molecule has 110 valence electrons. The third kappa shape index (κ3) is 7.95. The number of benzene rings is 2. The van der Waals surface area contributed by atoms with Crippen LogP contribution in [0, 0.1) is 5.82 Å². The van der Waals surface area contributed by atoms with Gasteiger partial charge in [-0.25, -0.2) is 4.39 Å². The van der Waals surface area contributed by atoms with Crippen LogP contribution < -0.4 is 9.31 Å². The van der Waals surface area contributed by atoms with Crippen molar-refractivity contribution in [2.75, 3.05) is 0 Å². The molecule has 6 nitrogen and oxygen atoms in total. The lowest BCUT2D eigenvalue weighted by Crippen LogP contribution is -2.20. The van der Waals surface area contributed by atoms with Crippen LogP contribution in [0.15, 0.2) is 54.6 Å². The van der Waals surface area contributed by atoms with Gasteiger partial charge in [0.25, 0.3) is 0 Å². The normalized spacial score (nSPS) is 9.19. The number of hydrogen-bond acceptors (Lipinski definition) is 6. The Labute approximate surface area is 121 Å². The summed E-state index contributed by atoms with van der Waals surface area (Å²) in [6.07, 6.45) is 0. The SMILES string of the molecule is OB(O)Oc1ccc(F)cc1.OB(O)Oc1ccccc1. The first kappa shape index (κ1) is 17.0. The number of hydrogen-bond donors (Lipinski definition) is 4. The summed E-state index contributed by atoms with van der Waals surface area (Å²) < 4.78 is 21.2. The van der Waals surface area contributed by atoms with Gasteiger partial charge in [-0.05, 0) is 36.4 Å². The fourth-order valence-corrected chi connectivity index (χ4v) is 1.26. The fraction of sp³-hybridized carbons (Fsp3) is 0. The summed E-state index contributed by atoms with van der Waals surface area (Å²) in [5, 5.41) is 33.3. The molecule has 0 unspecified atom stereocenters. The molecule has 0 aromatic heterocycles. The summed E-state index contributed by atoms with van der Waals surface area (Å²) in [7, 11) is -3.59. The Balaban J connectivity index is 0.000000211. The largest absolute Gasteiger partial charge is 0.707 e. The number of para-hydroxylation sites is 1. The lowest BCUT2D eigenvalue weighted by atomic mass is 10.2. The van der Waals surface area contributed by atoms with Gasteiger partial charge in [-0.2, -0.15) is 0 Å². The van der Waals surface area contributed by atoms with Crippen LogP contribution >= 0.6 is 0 Å². The van der Waals surface area contributed by atoms with Gasteiger partial charge in [-0.1, -0.05) is 18.2 Å². The highest BCUT2D eigenvalue weighted by atomic mass is 19.1. The predicted molar refractivity (Wildman–Crippen MR) is 74.5 cm³/mol. The molecule has 9 heteroatoms. The highest BCUT2D eigenvalue weighted by Crippen LogP contribution is 2.10. The summed E-state index contributed by atoms with van der Waals surface area (Å²) >= 11 is 0. The van der Waals surface area contributed by atoms with E-state index in [1.165, 1.54) is 12.1 Å². The molecule has 4 N–H and O–H groups in total. The van der Waals surface area contributed by atoms with E-state index in [4.69, 9.17) is 20.1 Å². The smallest absolute Gasteiger partial charge is 0.512 e. The molecular weight excluding hydrogens is 281 g/mol. The Bertz CT molecular complexity index is 509. The van der Waals surface area contributed by atoms with Crippen LogP contribution in [0.4, 0.5) is 4.39 Å². The quantitative estimate of drug-likeness (QED) is 0.602. The van der Waals surface area contributed by atoms with E-state index < -0.39 is 20.5 Å². The van der Waals surface area contributed by atoms with Crippen molar-refractivity contribution in [1.29, 1.82) is 0 Å². The summed E-state index contributed by atoms with van der Waals surface area (Å²) in [6.45, 7) is 0. The molecule has 0 spiro atoms. The molecule has 0 aliphatic carbocycles. The highest BCUT2D eigenvalue weighted by molar-refractivity contribution is 6.34. The third-order valence-electron chi connectivity index (χ3n) is 2.04. The van der Waals surface area contributed by atoms with Crippen molar-refractivity contribution in [1.82, 2.24) is 0 Å². The Morgan fingerprint density at radius 3 is 1.52 bits per heavy atom. The van der Waals surface area contributed by atoms with E-state index in [-0.39, 0.29) is 5.75 Å². The minimum absolute atomic E-state index is 0.210. The number of halogens is 1. The maximum atomic E-state index is 12.2. The molecule has 0 bridgehead atoms. The highest BCUT2D eigenvalue weighted by Gasteiger charge is 2.10. The maximum Gasteiger partial charge on any atom is 0.707 e. The van der Waals surface area contributed by atoms with E-state index in [2.05, 4.69) is 9.31 Å². The molecule has 0 saturated carbocycles. The van der Waals surface area contributed by atoms with Gasteiger partial charge in [-0.3, -0.25) is 0 Å². The number of rotatable bonds is 4. The van der Waals surface area contributed by atoms with E-state index >= 15 is 0 Å². The van der Waals surface area contributed by atoms with Crippen LogP contribution in [0.3, 0.4) is 0 Å². The first-order valence-electron chi connectivity index (χ1n) is 5.83. The van der Waals surface area contributed by atoms with Gasteiger partial charge in [-0.15, -0.1) is 0 Å². The Morgan fingerprint density at radius 2 is 1.10 bits per heavy atom. The van der Waals surface area contributed by atoms with E-state index in [9.17, 15) is 4.39 Å². The first-order chi connectivity index (χ1) is 9.97. The van der Waals surface area contributed by atoms with E-state index in [1.54, 1.807) is 24.3 Å². The standard InChI is InChI=1S/C6H6BFO3.C6H7BO3/c8-5-1-3-6(4-2-5)11-7(9)10;8-7(9)10-6-4-2-1-3-5-6/h1-4,9-10H;1-5,8-9H. The van der Waals surface area contributed by atoms with Crippen LogP contribution in [0.5, 0.6) is 11.5 Å². The first-order valence-corrected chi connectivity index (χ1v) is 5.83. The lowest BCUT2D eigenvalue weighted by Gasteiger charge is -2.02. The molecule has 0 radical (unpaired) electrons. The molecule has 0 saturated heterocycles. The van der Waals surface area contributed by atoms with Crippen molar-refractivity contribution in [3.05, 3.63) is 60.4 Å². The molecule has 21 heavy (non-hydrogen) atoms. The van der Waals surface area contributed by atoms with Crippen molar-refractivity contribution < 1.29 is 33.8 Å². The van der Waals surface area contributed by atoms with Crippen LogP contribution in [0.25, 0.3) is 0 Å². The average molecular weight is 294 g/mol. The van der Waals surface area contributed by atoms with Crippen molar-refractivity contribution in [2.24, 2.45) is 0 Å². The predicted octanol–water partition coefficient (Wildman–Crippen LogP) is 0.209. The van der Waals surface area contributed by atoms with Crippen molar-refractivity contribution >= 4 is 14.6 Å². The summed E-state index contributed by atoms with van der Waals surface area (Å²) in [4.78, 5) is 0. The molecule has 0 aliphatic rings. The Hall–Kier alpha value is -2.06. The minimum Gasteiger partial charge on any atom is -0.512 e.